The van der Waals surface area contributed by atoms with Crippen LogP contribution in [0.5, 0.6) is 17.4 Å². The van der Waals surface area contributed by atoms with Gasteiger partial charge < -0.3 is 15.2 Å². The number of rotatable bonds is 3. The van der Waals surface area contributed by atoms with Gasteiger partial charge in [-0.05, 0) is 12.1 Å². The fourth-order valence-electron chi connectivity index (χ4n) is 1.22. The Kier molecular flexibility index (Phi) is 2.86. The molecule has 2 N–H and O–H groups in total. The Morgan fingerprint density at radius 3 is 2.44 bits per heavy atom. The number of nitrogen functional groups attached to an aromatic ring is 1. The molecule has 1 heterocycles. The highest BCUT2D eigenvalue weighted by Gasteiger charge is 2.07. The molecule has 5 heteroatoms. The van der Waals surface area contributed by atoms with Crippen LogP contribution >= 0.6 is 0 Å². The van der Waals surface area contributed by atoms with Crippen molar-refractivity contribution >= 4 is 5.82 Å². The normalized spacial score (nSPS) is 9.81. The van der Waals surface area contributed by atoms with Gasteiger partial charge in [-0.2, -0.15) is 0 Å². The predicted molar refractivity (Wildman–Crippen MR) is 59.5 cm³/mol. The first-order chi connectivity index (χ1) is 7.81. The molecule has 0 atom stereocenters. The van der Waals surface area contributed by atoms with Crippen molar-refractivity contribution in [2.75, 3.05) is 12.8 Å². The molecule has 0 aliphatic rings. The third kappa shape index (κ3) is 2.03. The molecule has 0 radical (unpaired) electrons. The van der Waals surface area contributed by atoms with E-state index < -0.39 is 0 Å². The van der Waals surface area contributed by atoms with E-state index in [1.54, 1.807) is 19.2 Å². The van der Waals surface area contributed by atoms with Gasteiger partial charge in [0, 0.05) is 12.4 Å². The van der Waals surface area contributed by atoms with Crippen LogP contribution in [0.3, 0.4) is 0 Å². The van der Waals surface area contributed by atoms with Crippen molar-refractivity contribution in [1.29, 1.82) is 0 Å². The van der Waals surface area contributed by atoms with E-state index in [1.165, 1.54) is 12.4 Å². The number of aromatic nitrogens is 2. The molecule has 0 fully saturated rings. The van der Waals surface area contributed by atoms with E-state index in [9.17, 15) is 0 Å². The van der Waals surface area contributed by atoms with Gasteiger partial charge in [-0.3, -0.25) is 0 Å². The number of hydrogen-bond donors (Lipinski definition) is 1. The lowest BCUT2D eigenvalue weighted by atomic mass is 10.3. The zero-order valence-corrected chi connectivity index (χ0v) is 8.75. The molecule has 82 valence electrons. The molecule has 0 spiro atoms. The average molecular weight is 217 g/mol. The molecule has 1 aromatic carbocycles. The minimum Gasteiger partial charge on any atom is -0.493 e. The molecule has 16 heavy (non-hydrogen) atoms. The fraction of sp³-hybridized carbons (Fsp3) is 0.0909. The highest BCUT2D eigenvalue weighted by Crippen LogP contribution is 2.31. The van der Waals surface area contributed by atoms with Gasteiger partial charge in [-0.25, -0.2) is 9.97 Å². The van der Waals surface area contributed by atoms with Gasteiger partial charge in [-0.15, -0.1) is 0 Å². The van der Waals surface area contributed by atoms with Gasteiger partial charge in [-0.1, -0.05) is 12.1 Å². The summed E-state index contributed by atoms with van der Waals surface area (Å²) in [5.41, 5.74) is 5.62. The second kappa shape index (κ2) is 4.48. The molecule has 0 saturated heterocycles. The minimum absolute atomic E-state index is 0.244. The summed E-state index contributed by atoms with van der Waals surface area (Å²) in [5.74, 6) is 1.69. The first-order valence-electron chi connectivity index (χ1n) is 4.68. The lowest BCUT2D eigenvalue weighted by Crippen LogP contribution is -1.98. The van der Waals surface area contributed by atoms with E-state index >= 15 is 0 Å². The van der Waals surface area contributed by atoms with Crippen molar-refractivity contribution in [3.05, 3.63) is 36.7 Å². The number of nitrogens with two attached hydrogens (primary N) is 1. The van der Waals surface area contributed by atoms with Crippen LogP contribution < -0.4 is 15.2 Å². The van der Waals surface area contributed by atoms with Crippen molar-refractivity contribution in [2.45, 2.75) is 0 Å². The summed E-state index contributed by atoms with van der Waals surface area (Å²) in [6, 6.07) is 7.25. The minimum atomic E-state index is 0.244. The van der Waals surface area contributed by atoms with Gasteiger partial charge >= 0.3 is 0 Å². The van der Waals surface area contributed by atoms with E-state index in [2.05, 4.69) is 9.97 Å². The third-order valence-electron chi connectivity index (χ3n) is 1.97. The van der Waals surface area contributed by atoms with Gasteiger partial charge in [0.2, 0.25) is 0 Å². The monoisotopic (exact) mass is 217 g/mol. The molecule has 2 rings (SSSR count). The molecule has 0 saturated carbocycles. The summed E-state index contributed by atoms with van der Waals surface area (Å²) in [5, 5.41) is 0. The maximum absolute atomic E-state index is 5.62. The van der Waals surface area contributed by atoms with Gasteiger partial charge in [0.1, 0.15) is 0 Å². The first kappa shape index (κ1) is 10.2. The Morgan fingerprint density at radius 2 is 1.75 bits per heavy atom. The van der Waals surface area contributed by atoms with Crippen molar-refractivity contribution < 1.29 is 9.47 Å². The summed E-state index contributed by atoms with van der Waals surface area (Å²) < 4.78 is 10.7. The SMILES string of the molecule is COc1ccccc1Oc1nccnc1N. The van der Waals surface area contributed by atoms with Gasteiger partial charge in [0.25, 0.3) is 5.88 Å². The zero-order valence-electron chi connectivity index (χ0n) is 8.75. The quantitative estimate of drug-likeness (QED) is 0.849. The van der Waals surface area contributed by atoms with E-state index in [0.29, 0.717) is 11.5 Å². The van der Waals surface area contributed by atoms with E-state index in [4.69, 9.17) is 15.2 Å². The summed E-state index contributed by atoms with van der Waals surface area (Å²) in [6.45, 7) is 0. The molecule has 1 aromatic heterocycles. The Hall–Kier alpha value is -2.30. The van der Waals surface area contributed by atoms with E-state index in [1.807, 2.05) is 12.1 Å². The Labute approximate surface area is 92.9 Å². The highest BCUT2D eigenvalue weighted by molar-refractivity contribution is 5.46. The molecule has 0 bridgehead atoms. The molecule has 2 aromatic rings. The number of ether oxygens (including phenoxy) is 2. The second-order valence-electron chi connectivity index (χ2n) is 3.00. The molecule has 0 aliphatic carbocycles. The van der Waals surface area contributed by atoms with Crippen LogP contribution in [0.2, 0.25) is 0 Å². The van der Waals surface area contributed by atoms with Crippen LogP contribution in [0.25, 0.3) is 0 Å². The van der Waals surface area contributed by atoms with Crippen molar-refractivity contribution in [1.82, 2.24) is 9.97 Å². The molecule has 0 aliphatic heterocycles. The molecule has 0 amide bonds. The molecular formula is C11H11N3O2. The van der Waals surface area contributed by atoms with Crippen molar-refractivity contribution in [3.8, 4) is 17.4 Å². The summed E-state index contributed by atoms with van der Waals surface area (Å²) in [6.07, 6.45) is 3.02. The Morgan fingerprint density at radius 1 is 1.06 bits per heavy atom. The second-order valence-corrected chi connectivity index (χ2v) is 3.00. The van der Waals surface area contributed by atoms with Gasteiger partial charge in [0.15, 0.2) is 17.3 Å². The summed E-state index contributed by atoms with van der Waals surface area (Å²) in [7, 11) is 1.57. The largest absolute Gasteiger partial charge is 0.493 e. The molecular weight excluding hydrogens is 206 g/mol. The molecule has 0 unspecified atom stereocenters. The standard InChI is InChI=1S/C11H11N3O2/c1-15-8-4-2-3-5-9(8)16-11-10(12)13-6-7-14-11/h2-7H,1H3,(H2,12,13). The third-order valence-corrected chi connectivity index (χ3v) is 1.97. The van der Waals surface area contributed by atoms with Crippen LogP contribution in [-0.2, 0) is 0 Å². The number of hydrogen-bond acceptors (Lipinski definition) is 5. The maximum Gasteiger partial charge on any atom is 0.262 e. The number of benzene rings is 1. The first-order valence-corrected chi connectivity index (χ1v) is 4.68. The van der Waals surface area contributed by atoms with Crippen LogP contribution in [0.4, 0.5) is 5.82 Å². The summed E-state index contributed by atoms with van der Waals surface area (Å²) in [4.78, 5) is 7.86. The topological polar surface area (TPSA) is 70.3 Å². The molecule has 5 nitrogen and oxygen atoms in total. The lowest BCUT2D eigenvalue weighted by molar-refractivity contribution is 0.374. The van der Waals surface area contributed by atoms with E-state index in [-0.39, 0.29) is 11.7 Å². The summed E-state index contributed by atoms with van der Waals surface area (Å²) >= 11 is 0. The number of anilines is 1. The predicted octanol–water partition coefficient (Wildman–Crippen LogP) is 1.86. The Bertz CT molecular complexity index is 488. The Balaban J connectivity index is 2.30. The van der Waals surface area contributed by atoms with Crippen LogP contribution in [0.1, 0.15) is 0 Å². The van der Waals surface area contributed by atoms with E-state index in [0.717, 1.165) is 0 Å². The van der Waals surface area contributed by atoms with Crippen LogP contribution in [0.15, 0.2) is 36.7 Å². The van der Waals surface area contributed by atoms with Crippen LogP contribution in [-0.4, -0.2) is 17.1 Å². The average Bonchev–Trinajstić information content (AvgIpc) is 2.33. The van der Waals surface area contributed by atoms with Gasteiger partial charge in [0.05, 0.1) is 7.11 Å². The van der Waals surface area contributed by atoms with Crippen LogP contribution in [0, 0.1) is 0 Å². The zero-order chi connectivity index (χ0) is 11.4. The van der Waals surface area contributed by atoms with Crippen molar-refractivity contribution in [3.63, 3.8) is 0 Å². The maximum atomic E-state index is 5.62. The fourth-order valence-corrected chi connectivity index (χ4v) is 1.22. The smallest absolute Gasteiger partial charge is 0.262 e. The van der Waals surface area contributed by atoms with Crippen molar-refractivity contribution in [2.24, 2.45) is 0 Å². The number of methoxy groups -OCH3 is 1. The number of nitrogens with zero attached hydrogens (tertiary/aromatic N) is 2. The lowest BCUT2D eigenvalue weighted by Gasteiger charge is -2.09. The number of para-hydroxylation sites is 2. The highest BCUT2D eigenvalue weighted by atomic mass is 16.5.